The topological polar surface area (TPSA) is 86.5 Å². The van der Waals surface area contributed by atoms with Crippen molar-refractivity contribution in [3.63, 3.8) is 0 Å². The molecule has 1 aromatic carbocycles. The van der Waals surface area contributed by atoms with E-state index in [1.54, 1.807) is 13.3 Å². The first-order chi connectivity index (χ1) is 13.1. The van der Waals surface area contributed by atoms with Gasteiger partial charge in [0.1, 0.15) is 11.5 Å². The van der Waals surface area contributed by atoms with Gasteiger partial charge in [-0.3, -0.25) is 4.79 Å². The number of nitrogens with one attached hydrogen (secondary N) is 1. The Morgan fingerprint density at radius 3 is 2.48 bits per heavy atom. The van der Waals surface area contributed by atoms with Gasteiger partial charge in [-0.05, 0) is 67.0 Å². The number of carbonyl (C=O) groups excluding carboxylic acids is 1. The van der Waals surface area contributed by atoms with Crippen molar-refractivity contribution < 1.29 is 14.3 Å². The molecule has 2 aliphatic carbocycles. The number of ether oxygens (including phenoxy) is 2. The number of fused-ring (bicyclic) bond motifs is 2. The molecule has 0 spiro atoms. The van der Waals surface area contributed by atoms with Crippen LogP contribution in [-0.2, 0) is 11.3 Å². The van der Waals surface area contributed by atoms with Crippen molar-refractivity contribution in [2.45, 2.75) is 31.8 Å². The Kier molecular flexibility index (Phi) is 8.14. The number of hydrogen-bond donors (Lipinski definition) is 2. The van der Waals surface area contributed by atoms with Crippen LogP contribution in [0.2, 0.25) is 0 Å². The number of benzene rings is 1. The maximum absolute atomic E-state index is 12.6. The minimum Gasteiger partial charge on any atom is -0.497 e. The SMILES string of the molecule is COc1ccc(Oc2cc(CNC(=O)C3C4CCC(C4)C3N)ccn2)cc1.Cl.Cl. The number of nitrogens with zero attached hydrogens (tertiary/aromatic N) is 1. The number of methoxy groups -OCH3 is 1. The number of amides is 1. The first-order valence-electron chi connectivity index (χ1n) is 9.44. The number of hydrogen-bond acceptors (Lipinski definition) is 5. The molecule has 4 rings (SSSR count). The van der Waals surface area contributed by atoms with E-state index in [4.69, 9.17) is 15.2 Å². The summed E-state index contributed by atoms with van der Waals surface area (Å²) >= 11 is 0. The molecule has 6 nitrogen and oxygen atoms in total. The van der Waals surface area contributed by atoms with Gasteiger partial charge in [0.2, 0.25) is 11.8 Å². The van der Waals surface area contributed by atoms with Gasteiger partial charge < -0.3 is 20.5 Å². The van der Waals surface area contributed by atoms with Crippen molar-refractivity contribution in [3.8, 4) is 17.4 Å². The van der Waals surface area contributed by atoms with E-state index in [1.807, 2.05) is 36.4 Å². The molecule has 4 unspecified atom stereocenters. The smallest absolute Gasteiger partial charge is 0.225 e. The fourth-order valence-corrected chi connectivity index (χ4v) is 4.41. The highest BCUT2D eigenvalue weighted by Crippen LogP contribution is 2.47. The van der Waals surface area contributed by atoms with Gasteiger partial charge in [0.05, 0.1) is 13.0 Å². The molecule has 0 radical (unpaired) electrons. The van der Waals surface area contributed by atoms with Crippen LogP contribution in [0.5, 0.6) is 17.4 Å². The zero-order valence-corrected chi connectivity index (χ0v) is 17.9. The summed E-state index contributed by atoms with van der Waals surface area (Å²) in [6, 6.07) is 11.0. The Morgan fingerprint density at radius 1 is 1.14 bits per heavy atom. The van der Waals surface area contributed by atoms with Gasteiger partial charge in [0, 0.05) is 24.8 Å². The van der Waals surface area contributed by atoms with Crippen molar-refractivity contribution in [2.24, 2.45) is 23.5 Å². The summed E-state index contributed by atoms with van der Waals surface area (Å²) in [5.41, 5.74) is 7.21. The maximum atomic E-state index is 12.6. The highest BCUT2D eigenvalue weighted by atomic mass is 35.5. The second-order valence-corrected chi connectivity index (χ2v) is 7.43. The molecule has 2 aliphatic rings. The molecule has 2 bridgehead atoms. The monoisotopic (exact) mass is 439 g/mol. The summed E-state index contributed by atoms with van der Waals surface area (Å²) in [6.45, 7) is 0.445. The van der Waals surface area contributed by atoms with Crippen molar-refractivity contribution in [1.82, 2.24) is 10.3 Å². The van der Waals surface area contributed by atoms with E-state index in [-0.39, 0.29) is 42.7 Å². The van der Waals surface area contributed by atoms with Gasteiger partial charge in [0.15, 0.2) is 0 Å². The Labute approximate surface area is 183 Å². The highest BCUT2D eigenvalue weighted by Gasteiger charge is 2.48. The van der Waals surface area contributed by atoms with E-state index in [2.05, 4.69) is 10.3 Å². The fourth-order valence-electron chi connectivity index (χ4n) is 4.41. The molecule has 3 N–H and O–H groups in total. The number of rotatable bonds is 6. The van der Waals surface area contributed by atoms with Crippen LogP contribution in [0.1, 0.15) is 24.8 Å². The van der Waals surface area contributed by atoms with E-state index < -0.39 is 0 Å². The molecule has 0 saturated heterocycles. The highest BCUT2D eigenvalue weighted by molar-refractivity contribution is 5.85. The van der Waals surface area contributed by atoms with E-state index in [9.17, 15) is 4.79 Å². The molecule has 1 amide bonds. The molecule has 1 heterocycles. The molecule has 2 saturated carbocycles. The molecular formula is C21H27Cl2N3O3. The molecule has 4 atom stereocenters. The second kappa shape index (κ2) is 10.1. The summed E-state index contributed by atoms with van der Waals surface area (Å²) < 4.78 is 10.9. The van der Waals surface area contributed by atoms with Gasteiger partial charge in [-0.1, -0.05) is 0 Å². The van der Waals surface area contributed by atoms with Crippen molar-refractivity contribution in [2.75, 3.05) is 7.11 Å². The summed E-state index contributed by atoms with van der Waals surface area (Å²) in [7, 11) is 1.62. The first-order valence-corrected chi connectivity index (χ1v) is 9.44. The molecule has 2 aromatic rings. The third-order valence-corrected chi connectivity index (χ3v) is 5.83. The second-order valence-electron chi connectivity index (χ2n) is 7.43. The predicted octanol–water partition coefficient (Wildman–Crippen LogP) is 3.72. The lowest BCUT2D eigenvalue weighted by molar-refractivity contribution is -0.127. The van der Waals surface area contributed by atoms with Crippen LogP contribution in [-0.4, -0.2) is 24.0 Å². The molecule has 1 aromatic heterocycles. The minimum atomic E-state index is -0.0411. The largest absolute Gasteiger partial charge is 0.497 e. The van der Waals surface area contributed by atoms with E-state index >= 15 is 0 Å². The fraction of sp³-hybridized carbons (Fsp3) is 0.429. The number of pyridine rings is 1. The van der Waals surface area contributed by atoms with E-state index in [0.29, 0.717) is 30.0 Å². The predicted molar refractivity (Wildman–Crippen MR) is 116 cm³/mol. The Balaban J connectivity index is 0.00000150. The van der Waals surface area contributed by atoms with Crippen LogP contribution in [0.3, 0.4) is 0 Å². The van der Waals surface area contributed by atoms with Gasteiger partial charge in [0.25, 0.3) is 0 Å². The maximum Gasteiger partial charge on any atom is 0.225 e. The summed E-state index contributed by atoms with van der Waals surface area (Å²) in [5.74, 6) is 2.95. The number of nitrogens with two attached hydrogens (primary N) is 1. The number of halogens is 2. The third-order valence-electron chi connectivity index (χ3n) is 5.83. The zero-order valence-electron chi connectivity index (χ0n) is 16.2. The molecule has 158 valence electrons. The Bertz CT molecular complexity index is 817. The quantitative estimate of drug-likeness (QED) is 0.715. The normalized spacial score (nSPS) is 24.2. The average molecular weight is 440 g/mol. The summed E-state index contributed by atoms with van der Waals surface area (Å²) in [4.78, 5) is 16.8. The molecule has 29 heavy (non-hydrogen) atoms. The van der Waals surface area contributed by atoms with Gasteiger partial charge in [-0.2, -0.15) is 0 Å². The first kappa shape index (κ1) is 23.3. The molecule has 2 fully saturated rings. The van der Waals surface area contributed by atoms with Crippen molar-refractivity contribution in [1.29, 1.82) is 0 Å². The van der Waals surface area contributed by atoms with Crippen molar-refractivity contribution >= 4 is 30.7 Å². The minimum absolute atomic E-state index is 0. The van der Waals surface area contributed by atoms with Crippen molar-refractivity contribution in [3.05, 3.63) is 48.2 Å². The molecule has 8 heteroatoms. The van der Waals surface area contributed by atoms with Crippen LogP contribution in [0, 0.1) is 17.8 Å². The van der Waals surface area contributed by atoms with Crippen LogP contribution in [0.4, 0.5) is 0 Å². The van der Waals surface area contributed by atoms with Gasteiger partial charge in [-0.25, -0.2) is 4.98 Å². The van der Waals surface area contributed by atoms with Gasteiger partial charge in [-0.15, -0.1) is 24.8 Å². The average Bonchev–Trinajstić information content (AvgIpc) is 3.28. The van der Waals surface area contributed by atoms with Gasteiger partial charge >= 0.3 is 0 Å². The Morgan fingerprint density at radius 2 is 1.83 bits per heavy atom. The molecular weight excluding hydrogens is 413 g/mol. The zero-order chi connectivity index (χ0) is 18.8. The molecule has 0 aliphatic heterocycles. The lowest BCUT2D eigenvalue weighted by Gasteiger charge is -2.27. The third kappa shape index (κ3) is 5.13. The number of aromatic nitrogens is 1. The lowest BCUT2D eigenvalue weighted by Crippen LogP contribution is -2.45. The van der Waals surface area contributed by atoms with Crippen LogP contribution >= 0.6 is 24.8 Å². The summed E-state index contributed by atoms with van der Waals surface area (Å²) in [6.07, 6.45) is 5.09. The standard InChI is InChI=1S/C21H25N3O3.2ClH/c1-26-16-4-6-17(7-5-16)27-18-10-13(8-9-23-18)12-24-21(25)19-14-2-3-15(11-14)20(19)22;;/h4-10,14-15,19-20H,2-3,11-12,22H2,1H3,(H,24,25);2*1H. The number of carbonyl (C=O) groups is 1. The van der Waals surface area contributed by atoms with Crippen LogP contribution in [0.25, 0.3) is 0 Å². The van der Waals surface area contributed by atoms with Crippen LogP contribution in [0.15, 0.2) is 42.6 Å². The Hall–Kier alpha value is -2.02. The lowest BCUT2D eigenvalue weighted by atomic mass is 9.84. The van der Waals surface area contributed by atoms with Crippen LogP contribution < -0.4 is 20.5 Å². The summed E-state index contributed by atoms with van der Waals surface area (Å²) in [5, 5.41) is 3.04. The van der Waals surface area contributed by atoms with E-state index in [0.717, 1.165) is 24.2 Å². The van der Waals surface area contributed by atoms with E-state index in [1.165, 1.54) is 6.42 Å².